The van der Waals surface area contributed by atoms with E-state index in [0.717, 1.165) is 29.7 Å². The first-order chi connectivity index (χ1) is 24.6. The molecule has 52 heavy (non-hydrogen) atoms. The van der Waals surface area contributed by atoms with Gasteiger partial charge in [-0.25, -0.2) is 4.39 Å². The van der Waals surface area contributed by atoms with Crippen LogP contribution in [0.3, 0.4) is 0 Å². The summed E-state index contributed by atoms with van der Waals surface area (Å²) in [6, 6.07) is 3.04. The zero-order valence-electron chi connectivity index (χ0n) is 32.4. The van der Waals surface area contributed by atoms with E-state index in [1.54, 1.807) is 47.7 Å². The molecule has 0 bridgehead atoms. The zero-order chi connectivity index (χ0) is 37.8. The van der Waals surface area contributed by atoms with Gasteiger partial charge >= 0.3 is 51.4 Å². The van der Waals surface area contributed by atoms with Crippen molar-refractivity contribution in [3.05, 3.63) is 102 Å². The maximum atomic E-state index is 15.6. The standard InChI is InChI=1S/C36H48FN7O3.C4H6.K/c1-9-13-31(42-20-22-43(23-21-42)33(45)14-12-17-38-6)35(46-8)34(26(4)10-2)36(39-7)41-30-24-27(5)32(25-29(30)37)47-28-15-18-44(19-16-28)40-11-3;1-3-4-2;/h10-16,18,20,24-25,38H,7,9,17,19,21-23H2,1-6,8H3,(H,39,41);1H,4H2,2H3;/q;;+1/b14-12+,26-10-,31-13-,35-34-,40-11-;;. The number of amidine groups is 1. The van der Waals surface area contributed by atoms with Crippen molar-refractivity contribution >= 4 is 29.9 Å². The number of likely N-dealkylation sites (N-methyl/N-ethyl adjacent to an activating group) is 1. The monoisotopic (exact) mass is 738 g/mol. The number of nitrogens with zero attached hydrogens (tertiary/aromatic N) is 5. The van der Waals surface area contributed by atoms with Crippen LogP contribution in [0.25, 0.3) is 0 Å². The van der Waals surface area contributed by atoms with E-state index in [0.29, 0.717) is 61.4 Å². The number of halogens is 1. The largest absolute Gasteiger partial charge is 1.00 e. The molecule has 2 aliphatic rings. The minimum atomic E-state index is -0.511. The van der Waals surface area contributed by atoms with Gasteiger partial charge in [0.25, 0.3) is 0 Å². The summed E-state index contributed by atoms with van der Waals surface area (Å²) in [6.45, 7) is 14.3. The fourth-order valence-electron chi connectivity index (χ4n) is 4.98. The predicted octanol–water partition coefficient (Wildman–Crippen LogP) is 3.73. The summed E-state index contributed by atoms with van der Waals surface area (Å²) < 4.78 is 29.8. The number of terminal acetylenes is 1. The van der Waals surface area contributed by atoms with Crippen LogP contribution in [0.4, 0.5) is 10.1 Å². The molecule has 12 heteroatoms. The van der Waals surface area contributed by atoms with Crippen molar-refractivity contribution in [2.24, 2.45) is 10.1 Å². The molecule has 274 valence electrons. The van der Waals surface area contributed by atoms with E-state index in [4.69, 9.17) is 15.9 Å². The number of methoxy groups -OCH3 is 1. The van der Waals surface area contributed by atoms with Crippen LogP contribution in [-0.2, 0) is 9.53 Å². The first-order valence-electron chi connectivity index (χ1n) is 17.1. The van der Waals surface area contributed by atoms with Crippen molar-refractivity contribution < 1.29 is 74.6 Å². The second-order valence-corrected chi connectivity index (χ2v) is 11.3. The molecule has 0 atom stereocenters. The molecule has 0 radical (unpaired) electrons. The number of hydrogen-bond donors (Lipinski definition) is 2. The molecule has 0 aliphatic carbocycles. The average molecular weight is 739 g/mol. The molecule has 0 saturated heterocycles. The normalized spacial score (nSPS) is 15.6. The van der Waals surface area contributed by atoms with Crippen molar-refractivity contribution in [2.45, 2.75) is 54.4 Å². The van der Waals surface area contributed by atoms with Gasteiger partial charge < -0.3 is 30.0 Å². The zero-order valence-corrected chi connectivity index (χ0v) is 35.5. The number of aryl methyl sites for hydroxylation is 1. The first kappa shape index (κ1) is 46.3. The van der Waals surface area contributed by atoms with E-state index in [2.05, 4.69) is 44.3 Å². The number of hydrazone groups is 1. The molecular formula is C40H54FKN7O3+. The number of carbonyl (C=O) groups excluding carboxylic acids is 1. The third kappa shape index (κ3) is 14.0. The minimum Gasteiger partial charge on any atom is -0.491 e. The first-order valence-corrected chi connectivity index (χ1v) is 17.1. The van der Waals surface area contributed by atoms with Crippen molar-refractivity contribution in [1.29, 1.82) is 0 Å². The van der Waals surface area contributed by atoms with Gasteiger partial charge in [-0.15, -0.1) is 12.3 Å². The Morgan fingerprint density at radius 3 is 2.50 bits per heavy atom. The molecule has 3 rings (SSSR count). The van der Waals surface area contributed by atoms with Gasteiger partial charge in [-0.2, -0.15) is 16.7 Å². The summed E-state index contributed by atoms with van der Waals surface area (Å²) in [5, 5.41) is 12.2. The Morgan fingerprint density at radius 1 is 1.25 bits per heavy atom. The number of anilines is 1. The third-order valence-corrected chi connectivity index (χ3v) is 7.72. The van der Waals surface area contributed by atoms with E-state index in [1.807, 2.05) is 73.0 Å². The fourth-order valence-corrected chi connectivity index (χ4v) is 4.98. The van der Waals surface area contributed by atoms with Gasteiger partial charge in [0.15, 0.2) is 18.5 Å². The summed E-state index contributed by atoms with van der Waals surface area (Å²) in [7, 11) is 7.26. The van der Waals surface area contributed by atoms with Crippen molar-refractivity contribution in [3.8, 4) is 18.1 Å². The molecule has 2 aliphatic heterocycles. The molecule has 10 nitrogen and oxygen atoms in total. The smallest absolute Gasteiger partial charge is 0.491 e. The van der Waals surface area contributed by atoms with Gasteiger partial charge in [0.2, 0.25) is 11.6 Å². The number of hydrogen-bond acceptors (Lipinski definition) is 7. The molecule has 0 saturated carbocycles. The van der Waals surface area contributed by atoms with Crippen LogP contribution in [0.5, 0.6) is 5.75 Å². The summed E-state index contributed by atoms with van der Waals surface area (Å²) in [4.78, 5) is 18.7. The van der Waals surface area contributed by atoms with Crippen molar-refractivity contribution in [1.82, 2.24) is 15.2 Å². The number of nitrogens with one attached hydrogen (secondary N) is 2. The topological polar surface area (TPSA) is 93.8 Å². The molecule has 2 heterocycles. The second-order valence-electron chi connectivity index (χ2n) is 11.3. The van der Waals surface area contributed by atoms with E-state index in [9.17, 15) is 4.79 Å². The van der Waals surface area contributed by atoms with E-state index >= 15 is 4.39 Å². The molecule has 0 spiro atoms. The number of amides is 1. The van der Waals surface area contributed by atoms with Crippen LogP contribution in [0.2, 0.25) is 0 Å². The number of benzene rings is 1. The van der Waals surface area contributed by atoms with Crippen LogP contribution >= 0.6 is 0 Å². The van der Waals surface area contributed by atoms with Crippen molar-refractivity contribution in [2.75, 3.05) is 52.2 Å². The number of carbonyl (C=O) groups is 1. The number of rotatable bonds is 13. The molecule has 0 fully saturated rings. The molecule has 1 aromatic carbocycles. The van der Waals surface area contributed by atoms with Crippen molar-refractivity contribution in [3.63, 3.8) is 0 Å². The molecule has 2 N–H and O–H groups in total. The third-order valence-electron chi connectivity index (χ3n) is 7.72. The molecule has 0 aromatic heterocycles. The van der Waals surface area contributed by atoms with Crippen LogP contribution in [0.15, 0.2) is 93.2 Å². The minimum absolute atomic E-state index is 0. The predicted molar refractivity (Wildman–Crippen MR) is 208 cm³/mol. The maximum absolute atomic E-state index is 15.6. The van der Waals surface area contributed by atoms with Gasteiger partial charge in [0, 0.05) is 37.5 Å². The van der Waals surface area contributed by atoms with Crippen LogP contribution in [-0.4, -0.2) is 85.5 Å². The summed E-state index contributed by atoms with van der Waals surface area (Å²) in [5.41, 5.74) is 3.27. The molecule has 1 amide bonds. The Balaban J connectivity index is 0.00000256. The Kier molecular flexibility index (Phi) is 22.5. The van der Waals surface area contributed by atoms with Gasteiger partial charge in [-0.05, 0) is 82.4 Å². The van der Waals surface area contributed by atoms with Crippen LogP contribution in [0, 0.1) is 32.1 Å². The van der Waals surface area contributed by atoms with Crippen LogP contribution < -0.4 is 66.8 Å². The Labute approximate surface area is 353 Å². The average Bonchev–Trinajstić information content (AvgIpc) is 3.15. The van der Waals surface area contributed by atoms with E-state index in [1.165, 1.54) is 6.07 Å². The number of aliphatic imine (C=N–C) groups is 1. The summed E-state index contributed by atoms with van der Waals surface area (Å²) in [5.74, 6) is 3.79. The SMILES string of the molecule is C#CCC.[CH2-]N=C(Nc1cc(C)c(OC2=CCN(/N=C\C)C=C2)cc1F)C(/C(C)=C\C)=C(OC)/C(=C/CC)[N+]1=CCN(C(=O)/C=C/CNC)CC1.[K+]. The molecule has 0 unspecified atom stereocenters. The Morgan fingerprint density at radius 2 is 1.98 bits per heavy atom. The fraction of sp³-hybridized carbons (Fsp3) is 0.375. The van der Waals surface area contributed by atoms with Gasteiger partial charge in [0.1, 0.15) is 17.3 Å². The summed E-state index contributed by atoms with van der Waals surface area (Å²) >= 11 is 0. The maximum Gasteiger partial charge on any atom is 1.00 e. The van der Waals surface area contributed by atoms with Gasteiger partial charge in [-0.3, -0.25) is 9.80 Å². The van der Waals surface area contributed by atoms with E-state index < -0.39 is 5.82 Å². The molecular weight excluding hydrogens is 685 g/mol. The Hall–Kier alpha value is -3.70. The molecule has 1 aromatic rings. The quantitative estimate of drug-likeness (QED) is 0.0369. The second kappa shape index (κ2) is 25.3. The number of allylic oxidation sites excluding steroid dienone is 3. The summed E-state index contributed by atoms with van der Waals surface area (Å²) in [6.07, 6.45) is 23.0. The van der Waals surface area contributed by atoms with Crippen LogP contribution in [0.1, 0.15) is 53.0 Å². The van der Waals surface area contributed by atoms with E-state index in [-0.39, 0.29) is 63.0 Å². The van der Waals surface area contributed by atoms with Gasteiger partial charge in [-0.1, -0.05) is 31.6 Å². The Bertz CT molecular complexity index is 1680. The van der Waals surface area contributed by atoms with Gasteiger partial charge in [0.05, 0.1) is 32.4 Å². The number of ether oxygens (including phenoxy) is 2.